The Bertz CT molecular complexity index is 360. The third-order valence-electron chi connectivity index (χ3n) is 4.02. The molecule has 2 rings (SSSR count). The third-order valence-corrected chi connectivity index (χ3v) is 4.38. The van der Waals surface area contributed by atoms with Gasteiger partial charge in [0.05, 0.1) is 11.7 Å². The Kier molecular flexibility index (Phi) is 5.07. The molecule has 0 aromatic carbocycles. The number of hydrogen-bond acceptors (Lipinski definition) is 2. The molecular formula is C14H24ClN3. The number of likely N-dealkylation sites (tertiary alicyclic amines) is 1. The van der Waals surface area contributed by atoms with Crippen LogP contribution >= 0.6 is 11.6 Å². The predicted molar refractivity (Wildman–Crippen MR) is 76.0 cm³/mol. The maximum atomic E-state index is 6.00. The second-order valence-electron chi connectivity index (χ2n) is 5.18. The van der Waals surface area contributed by atoms with Crippen molar-refractivity contribution in [3.05, 3.63) is 18.0 Å². The van der Waals surface area contributed by atoms with E-state index in [1.165, 1.54) is 18.5 Å². The average Bonchev–Trinajstić information content (AvgIpc) is 3.01. The molecule has 0 bridgehead atoms. The minimum Gasteiger partial charge on any atom is -0.293 e. The van der Waals surface area contributed by atoms with E-state index in [2.05, 4.69) is 35.7 Å². The fourth-order valence-electron chi connectivity index (χ4n) is 2.81. The smallest absolute Gasteiger partial charge is 0.0765 e. The lowest BCUT2D eigenvalue weighted by Crippen LogP contribution is -2.30. The van der Waals surface area contributed by atoms with Crippen LogP contribution < -0.4 is 0 Å². The van der Waals surface area contributed by atoms with E-state index in [9.17, 15) is 0 Å². The second kappa shape index (κ2) is 6.58. The summed E-state index contributed by atoms with van der Waals surface area (Å²) in [6.07, 6.45) is 6.91. The van der Waals surface area contributed by atoms with Crippen LogP contribution in [0.1, 0.15) is 51.3 Å². The number of alkyl halides is 1. The zero-order chi connectivity index (χ0) is 13.0. The zero-order valence-electron chi connectivity index (χ0n) is 11.5. The van der Waals surface area contributed by atoms with Gasteiger partial charge in [0.1, 0.15) is 0 Å². The molecule has 1 unspecified atom stereocenters. The Hall–Kier alpha value is -0.540. The summed E-state index contributed by atoms with van der Waals surface area (Å²) in [6, 6.07) is 3.24. The molecule has 18 heavy (non-hydrogen) atoms. The first-order valence-corrected chi connectivity index (χ1v) is 7.66. The highest BCUT2D eigenvalue weighted by Crippen LogP contribution is 2.21. The molecule has 1 atom stereocenters. The Labute approximate surface area is 115 Å². The van der Waals surface area contributed by atoms with Crippen molar-refractivity contribution >= 4 is 11.6 Å². The summed E-state index contributed by atoms with van der Waals surface area (Å²) >= 11 is 6.00. The van der Waals surface area contributed by atoms with Crippen LogP contribution in [0.3, 0.4) is 0 Å². The largest absolute Gasteiger partial charge is 0.293 e. The molecule has 0 amide bonds. The molecule has 1 aromatic rings. The molecule has 102 valence electrons. The van der Waals surface area contributed by atoms with Gasteiger partial charge in [-0.15, -0.1) is 11.6 Å². The molecule has 1 aromatic heterocycles. The maximum Gasteiger partial charge on any atom is 0.0765 e. The standard InChI is InChI=1S/C14H24ClN3/c1-3-13(4-2)18-9-7-12(16-18)11-17-8-5-6-14(17)10-15/h7,9,13-14H,3-6,8,10-11H2,1-2H3. The predicted octanol–water partition coefficient (Wildman–Crippen LogP) is 3.45. The van der Waals surface area contributed by atoms with Gasteiger partial charge in [-0.05, 0) is 38.3 Å². The Balaban J connectivity index is 1.98. The molecule has 3 nitrogen and oxygen atoms in total. The molecule has 1 aliphatic rings. The van der Waals surface area contributed by atoms with Gasteiger partial charge in [0.15, 0.2) is 0 Å². The van der Waals surface area contributed by atoms with Crippen molar-refractivity contribution in [2.75, 3.05) is 12.4 Å². The highest BCUT2D eigenvalue weighted by atomic mass is 35.5. The third kappa shape index (κ3) is 3.07. The zero-order valence-corrected chi connectivity index (χ0v) is 12.2. The fraction of sp³-hybridized carbons (Fsp3) is 0.786. The van der Waals surface area contributed by atoms with Gasteiger partial charge in [0, 0.05) is 24.7 Å². The summed E-state index contributed by atoms with van der Waals surface area (Å²) in [7, 11) is 0. The van der Waals surface area contributed by atoms with E-state index in [-0.39, 0.29) is 0 Å². The van der Waals surface area contributed by atoms with Gasteiger partial charge in [-0.2, -0.15) is 5.10 Å². The van der Waals surface area contributed by atoms with Crippen LogP contribution in [0.25, 0.3) is 0 Å². The van der Waals surface area contributed by atoms with Gasteiger partial charge in [0.25, 0.3) is 0 Å². The quantitative estimate of drug-likeness (QED) is 0.738. The van der Waals surface area contributed by atoms with E-state index in [0.717, 1.165) is 31.8 Å². The van der Waals surface area contributed by atoms with Crippen molar-refractivity contribution in [3.8, 4) is 0 Å². The highest BCUT2D eigenvalue weighted by Gasteiger charge is 2.24. The number of nitrogens with zero attached hydrogens (tertiary/aromatic N) is 3. The Morgan fingerprint density at radius 3 is 2.89 bits per heavy atom. The summed E-state index contributed by atoms with van der Waals surface area (Å²) in [4.78, 5) is 2.46. The molecule has 4 heteroatoms. The lowest BCUT2D eigenvalue weighted by molar-refractivity contribution is 0.258. The molecule has 0 N–H and O–H groups in total. The molecule has 0 spiro atoms. The van der Waals surface area contributed by atoms with Crippen LogP contribution in [0.5, 0.6) is 0 Å². The SMILES string of the molecule is CCC(CC)n1ccc(CN2CCCC2CCl)n1. The van der Waals surface area contributed by atoms with Crippen LogP contribution in [0, 0.1) is 0 Å². The summed E-state index contributed by atoms with van der Waals surface area (Å²) in [5, 5.41) is 4.72. The van der Waals surface area contributed by atoms with E-state index in [1.807, 2.05) is 0 Å². The van der Waals surface area contributed by atoms with Crippen molar-refractivity contribution in [1.29, 1.82) is 0 Å². The van der Waals surface area contributed by atoms with Crippen molar-refractivity contribution in [2.24, 2.45) is 0 Å². The minimum atomic E-state index is 0.543. The number of halogens is 1. The van der Waals surface area contributed by atoms with Gasteiger partial charge < -0.3 is 0 Å². The topological polar surface area (TPSA) is 21.1 Å². The van der Waals surface area contributed by atoms with Crippen molar-refractivity contribution in [3.63, 3.8) is 0 Å². The van der Waals surface area contributed by atoms with Crippen molar-refractivity contribution in [1.82, 2.24) is 14.7 Å². The van der Waals surface area contributed by atoms with Gasteiger partial charge >= 0.3 is 0 Å². The summed E-state index contributed by atoms with van der Waals surface area (Å²) in [5.41, 5.74) is 1.18. The van der Waals surface area contributed by atoms with E-state index < -0.39 is 0 Å². The molecule has 1 saturated heterocycles. The lowest BCUT2D eigenvalue weighted by Gasteiger charge is -2.21. The highest BCUT2D eigenvalue weighted by molar-refractivity contribution is 6.18. The van der Waals surface area contributed by atoms with E-state index >= 15 is 0 Å². The van der Waals surface area contributed by atoms with Crippen LogP contribution in [0.4, 0.5) is 0 Å². The molecule has 0 saturated carbocycles. The Morgan fingerprint density at radius 2 is 2.22 bits per heavy atom. The van der Waals surface area contributed by atoms with Crippen molar-refractivity contribution in [2.45, 2.75) is 58.2 Å². The summed E-state index contributed by atoms with van der Waals surface area (Å²) in [5.74, 6) is 0.743. The molecule has 2 heterocycles. The summed E-state index contributed by atoms with van der Waals surface area (Å²) < 4.78 is 2.13. The molecule has 1 aliphatic heterocycles. The van der Waals surface area contributed by atoms with Gasteiger partial charge in [-0.3, -0.25) is 9.58 Å². The maximum absolute atomic E-state index is 6.00. The van der Waals surface area contributed by atoms with Crippen LogP contribution in [0.2, 0.25) is 0 Å². The van der Waals surface area contributed by atoms with Crippen LogP contribution in [-0.4, -0.2) is 33.1 Å². The van der Waals surface area contributed by atoms with E-state index in [1.54, 1.807) is 0 Å². The Morgan fingerprint density at radius 1 is 1.44 bits per heavy atom. The first-order valence-electron chi connectivity index (χ1n) is 7.12. The second-order valence-corrected chi connectivity index (χ2v) is 5.49. The van der Waals surface area contributed by atoms with E-state index in [4.69, 9.17) is 16.7 Å². The normalized spacial score (nSPS) is 21.0. The van der Waals surface area contributed by atoms with E-state index in [0.29, 0.717) is 12.1 Å². The summed E-state index contributed by atoms with van der Waals surface area (Å²) in [6.45, 7) is 6.55. The monoisotopic (exact) mass is 269 g/mol. The van der Waals surface area contributed by atoms with Gasteiger partial charge in [0.2, 0.25) is 0 Å². The molecule has 1 fully saturated rings. The minimum absolute atomic E-state index is 0.543. The number of aromatic nitrogens is 2. The van der Waals surface area contributed by atoms with Crippen LogP contribution in [0.15, 0.2) is 12.3 Å². The number of hydrogen-bond donors (Lipinski definition) is 0. The molecular weight excluding hydrogens is 246 g/mol. The first-order chi connectivity index (χ1) is 8.78. The average molecular weight is 270 g/mol. The molecule has 0 radical (unpaired) electrons. The van der Waals surface area contributed by atoms with Gasteiger partial charge in [-0.1, -0.05) is 13.8 Å². The van der Waals surface area contributed by atoms with Crippen LogP contribution in [-0.2, 0) is 6.54 Å². The van der Waals surface area contributed by atoms with Crippen molar-refractivity contribution < 1.29 is 0 Å². The number of rotatable bonds is 6. The molecule has 0 aliphatic carbocycles. The fourth-order valence-corrected chi connectivity index (χ4v) is 3.16. The van der Waals surface area contributed by atoms with Gasteiger partial charge in [-0.25, -0.2) is 0 Å². The lowest BCUT2D eigenvalue weighted by atomic mass is 10.2. The first kappa shape index (κ1) is 13.9.